The number of esters is 2. The molecule has 7 heteroatoms. The first kappa shape index (κ1) is 25.8. The Morgan fingerprint density at radius 2 is 1.55 bits per heavy atom. The van der Waals surface area contributed by atoms with Crippen molar-refractivity contribution in [2.24, 2.45) is 0 Å². The number of benzene rings is 2. The Morgan fingerprint density at radius 1 is 0.879 bits per heavy atom. The first-order valence-electron chi connectivity index (χ1n) is 10.9. The highest BCUT2D eigenvalue weighted by Crippen LogP contribution is 2.37. The molecular weight excluding hydrogens is 424 g/mol. The van der Waals surface area contributed by atoms with Crippen LogP contribution < -0.4 is 18.9 Å². The van der Waals surface area contributed by atoms with Crippen molar-refractivity contribution in [3.63, 3.8) is 0 Å². The summed E-state index contributed by atoms with van der Waals surface area (Å²) >= 11 is 0. The van der Waals surface area contributed by atoms with Crippen molar-refractivity contribution in [3.8, 4) is 23.0 Å². The largest absolute Gasteiger partial charge is 0.493 e. The topological polar surface area (TPSA) is 80.3 Å². The zero-order chi connectivity index (χ0) is 24.4. The fourth-order valence-corrected chi connectivity index (χ4v) is 3.30. The van der Waals surface area contributed by atoms with Gasteiger partial charge in [0, 0.05) is 19.4 Å². The van der Waals surface area contributed by atoms with Gasteiger partial charge in [-0.05, 0) is 42.7 Å². The molecule has 7 nitrogen and oxygen atoms in total. The fraction of sp³-hybridized carbons (Fsp3) is 0.385. The summed E-state index contributed by atoms with van der Waals surface area (Å²) < 4.78 is 28.0. The number of rotatable bonds is 11. The van der Waals surface area contributed by atoms with Crippen molar-refractivity contribution in [3.05, 3.63) is 53.6 Å². The van der Waals surface area contributed by atoms with Gasteiger partial charge >= 0.3 is 11.9 Å². The van der Waals surface area contributed by atoms with Crippen LogP contribution in [0.15, 0.2) is 42.5 Å². The van der Waals surface area contributed by atoms with E-state index in [2.05, 4.69) is 13.0 Å². The van der Waals surface area contributed by atoms with Crippen LogP contribution in [-0.4, -0.2) is 32.3 Å². The van der Waals surface area contributed by atoms with E-state index in [1.807, 2.05) is 31.2 Å². The monoisotopic (exact) mass is 456 g/mol. The number of carbonyl (C=O) groups is 2. The van der Waals surface area contributed by atoms with Gasteiger partial charge in [0.2, 0.25) is 0 Å². The molecule has 0 aliphatic carbocycles. The van der Waals surface area contributed by atoms with Crippen LogP contribution in [-0.2, 0) is 14.3 Å². The predicted molar refractivity (Wildman–Crippen MR) is 126 cm³/mol. The molecule has 2 aromatic rings. The van der Waals surface area contributed by atoms with E-state index in [0.29, 0.717) is 29.2 Å². The second kappa shape index (κ2) is 12.5. The number of hydrogen-bond donors (Lipinski definition) is 0. The van der Waals surface area contributed by atoms with Gasteiger partial charge in [-0.3, -0.25) is 9.59 Å². The van der Waals surface area contributed by atoms with E-state index in [4.69, 9.17) is 23.7 Å². The summed E-state index contributed by atoms with van der Waals surface area (Å²) in [5.41, 5.74) is 1.64. The van der Waals surface area contributed by atoms with Gasteiger partial charge in [-0.25, -0.2) is 0 Å². The fourth-order valence-electron chi connectivity index (χ4n) is 3.30. The Morgan fingerprint density at radius 3 is 2.12 bits per heavy atom. The van der Waals surface area contributed by atoms with Crippen LogP contribution in [0.4, 0.5) is 0 Å². The zero-order valence-electron chi connectivity index (χ0n) is 20.0. The highest BCUT2D eigenvalue weighted by atomic mass is 16.6. The van der Waals surface area contributed by atoms with Crippen molar-refractivity contribution in [1.82, 2.24) is 0 Å². The lowest BCUT2D eigenvalue weighted by molar-refractivity contribution is -0.152. The summed E-state index contributed by atoms with van der Waals surface area (Å²) in [4.78, 5) is 23.3. The maximum absolute atomic E-state index is 11.9. The van der Waals surface area contributed by atoms with E-state index in [-0.39, 0.29) is 5.75 Å². The third-order valence-corrected chi connectivity index (χ3v) is 4.81. The molecule has 0 amide bonds. The van der Waals surface area contributed by atoms with E-state index in [0.717, 1.165) is 12.0 Å². The molecule has 0 aliphatic heterocycles. The molecule has 0 heterocycles. The average molecular weight is 457 g/mol. The Hall–Kier alpha value is -3.48. The van der Waals surface area contributed by atoms with Gasteiger partial charge in [-0.15, -0.1) is 0 Å². The minimum atomic E-state index is -0.725. The first-order valence-corrected chi connectivity index (χ1v) is 10.9. The van der Waals surface area contributed by atoms with Crippen LogP contribution in [0, 0.1) is 0 Å². The average Bonchev–Trinajstić information content (AvgIpc) is 2.80. The van der Waals surface area contributed by atoms with Gasteiger partial charge < -0.3 is 23.7 Å². The molecule has 0 spiro atoms. The molecule has 0 saturated heterocycles. The molecule has 0 N–H and O–H groups in total. The summed E-state index contributed by atoms with van der Waals surface area (Å²) in [6, 6.07) is 10.7. The maximum atomic E-state index is 11.9. The second-order valence-corrected chi connectivity index (χ2v) is 7.32. The second-order valence-electron chi connectivity index (χ2n) is 7.32. The van der Waals surface area contributed by atoms with Crippen LogP contribution in [0.1, 0.15) is 57.8 Å². The van der Waals surface area contributed by atoms with Crippen molar-refractivity contribution in [2.45, 2.75) is 52.7 Å². The molecule has 33 heavy (non-hydrogen) atoms. The van der Waals surface area contributed by atoms with Gasteiger partial charge in [0.05, 0.1) is 14.2 Å². The van der Waals surface area contributed by atoms with Crippen LogP contribution in [0.2, 0.25) is 0 Å². The van der Waals surface area contributed by atoms with Crippen LogP contribution in [0.25, 0.3) is 6.08 Å². The molecule has 2 atom stereocenters. The minimum Gasteiger partial charge on any atom is -0.493 e. The Balaban J connectivity index is 2.41. The highest BCUT2D eigenvalue weighted by molar-refractivity contribution is 5.70. The van der Waals surface area contributed by atoms with E-state index < -0.39 is 24.1 Å². The van der Waals surface area contributed by atoms with Gasteiger partial charge in [0.1, 0.15) is 6.10 Å². The quantitative estimate of drug-likeness (QED) is 0.326. The predicted octanol–water partition coefficient (Wildman–Crippen LogP) is 5.51. The van der Waals surface area contributed by atoms with Crippen LogP contribution in [0.5, 0.6) is 23.0 Å². The molecule has 0 aromatic heterocycles. The Labute approximate surface area is 195 Å². The van der Waals surface area contributed by atoms with Gasteiger partial charge in [-0.1, -0.05) is 38.1 Å². The maximum Gasteiger partial charge on any atom is 0.308 e. The van der Waals surface area contributed by atoms with E-state index >= 15 is 0 Å². The SMILES string of the molecule is CC/C=C/c1ccc(O[C@@H](CC)[C@@H](OC(C)=O)c2ccc(OC(C)=O)c(OC)c2)c(OC)c1. The number of methoxy groups -OCH3 is 2. The van der Waals surface area contributed by atoms with Crippen LogP contribution >= 0.6 is 0 Å². The third-order valence-electron chi connectivity index (χ3n) is 4.81. The molecule has 0 unspecified atom stereocenters. The number of hydrogen-bond acceptors (Lipinski definition) is 7. The van der Waals surface area contributed by atoms with E-state index in [1.165, 1.54) is 21.0 Å². The van der Waals surface area contributed by atoms with Crippen molar-refractivity contribution in [2.75, 3.05) is 14.2 Å². The molecule has 0 saturated carbocycles. The zero-order valence-corrected chi connectivity index (χ0v) is 20.0. The lowest BCUT2D eigenvalue weighted by atomic mass is 10.0. The summed E-state index contributed by atoms with van der Waals surface area (Å²) in [6.07, 6.45) is 4.33. The molecule has 178 valence electrons. The molecule has 0 bridgehead atoms. The molecule has 2 rings (SSSR count). The number of carbonyl (C=O) groups excluding carboxylic acids is 2. The Kier molecular flexibility index (Phi) is 9.79. The summed E-state index contributed by atoms with van der Waals surface area (Å²) in [7, 11) is 3.05. The highest BCUT2D eigenvalue weighted by Gasteiger charge is 2.29. The number of allylic oxidation sites excluding steroid dienone is 1. The summed E-state index contributed by atoms with van der Waals surface area (Å²) in [5.74, 6) is 0.838. The van der Waals surface area contributed by atoms with Gasteiger partial charge in [0.25, 0.3) is 0 Å². The summed E-state index contributed by atoms with van der Waals surface area (Å²) in [6.45, 7) is 6.67. The molecule has 2 aromatic carbocycles. The number of ether oxygens (including phenoxy) is 5. The normalized spacial score (nSPS) is 12.7. The van der Waals surface area contributed by atoms with E-state index in [9.17, 15) is 9.59 Å². The standard InChI is InChI=1S/C26H32O7/c1-7-9-10-19-11-13-23(24(15-19)29-5)33-21(8-2)26(32-18(4)28)20-12-14-22(31-17(3)27)25(16-20)30-6/h9-16,21,26H,7-8H2,1-6H3/b10-9+/t21-,26-/m0/s1. The molecule has 0 radical (unpaired) electrons. The lowest BCUT2D eigenvalue weighted by Gasteiger charge is -2.28. The molecule has 0 aliphatic rings. The van der Waals surface area contributed by atoms with Gasteiger partial charge in [-0.2, -0.15) is 0 Å². The third kappa shape index (κ3) is 7.27. The van der Waals surface area contributed by atoms with Crippen molar-refractivity contribution in [1.29, 1.82) is 0 Å². The minimum absolute atomic E-state index is 0.279. The van der Waals surface area contributed by atoms with Crippen molar-refractivity contribution >= 4 is 18.0 Å². The Bertz CT molecular complexity index is 981. The molecule has 0 fully saturated rings. The van der Waals surface area contributed by atoms with Crippen LogP contribution in [0.3, 0.4) is 0 Å². The molecular formula is C26H32O7. The van der Waals surface area contributed by atoms with E-state index in [1.54, 1.807) is 25.3 Å². The summed E-state index contributed by atoms with van der Waals surface area (Å²) in [5, 5.41) is 0. The smallest absolute Gasteiger partial charge is 0.308 e. The van der Waals surface area contributed by atoms with Crippen molar-refractivity contribution < 1.29 is 33.3 Å². The first-order chi connectivity index (χ1) is 15.8. The lowest BCUT2D eigenvalue weighted by Crippen LogP contribution is -2.28. The van der Waals surface area contributed by atoms with Gasteiger partial charge in [0.15, 0.2) is 29.1 Å².